The summed E-state index contributed by atoms with van der Waals surface area (Å²) in [6, 6.07) is 76.9. The lowest BCUT2D eigenvalue weighted by atomic mass is 9.72. The van der Waals surface area contributed by atoms with Crippen molar-refractivity contribution in [2.24, 2.45) is 35.2 Å². The minimum atomic E-state index is -2.14. The predicted molar refractivity (Wildman–Crippen MR) is 520 cm³/mol. The highest BCUT2D eigenvalue weighted by Gasteiger charge is 2.44. The number of hydrogen-bond acceptors (Lipinski definition) is 5. The molecule has 0 saturated heterocycles. The Bertz CT molecular complexity index is 7380. The number of fused-ring (bicyclic) bond motifs is 10. The number of rotatable bonds is 5. The van der Waals surface area contributed by atoms with Gasteiger partial charge in [0.2, 0.25) is 28.5 Å². The fourth-order valence-electron chi connectivity index (χ4n) is 19.7. The second-order valence-electron chi connectivity index (χ2n) is 38.3. The summed E-state index contributed by atoms with van der Waals surface area (Å²) >= 11 is 0. The third-order valence-electron chi connectivity index (χ3n) is 27.4. The topological polar surface area (TPSA) is 65.5 Å². The Morgan fingerprint density at radius 1 is 0.211 bits per heavy atom. The first-order chi connectivity index (χ1) is 64.3. The van der Waals surface area contributed by atoms with E-state index in [4.69, 9.17) is 36.0 Å². The number of benzene rings is 10. The zero-order chi connectivity index (χ0) is 98.9. The highest BCUT2D eigenvalue weighted by molar-refractivity contribution is 5.81. The molecule has 5 aromatic heterocycles. The quantitative estimate of drug-likeness (QED) is 0.161. The largest absolute Gasteiger partial charge is 0.457 e. The van der Waals surface area contributed by atoms with Crippen molar-refractivity contribution in [1.82, 2.24) is 0 Å². The third kappa shape index (κ3) is 15.6. The highest BCUT2D eigenvalue weighted by Crippen LogP contribution is 2.58. The molecule has 0 atom stereocenters. The molecule has 128 heavy (non-hydrogen) atoms. The Balaban J connectivity index is 0.000000124. The molecule has 0 radical (unpaired) electrons. The van der Waals surface area contributed by atoms with Crippen LogP contribution in [0.4, 0.5) is 0 Å². The van der Waals surface area contributed by atoms with Crippen LogP contribution in [0.25, 0.3) is 56.3 Å². The van der Waals surface area contributed by atoms with Crippen LogP contribution in [0.3, 0.4) is 0 Å². The van der Waals surface area contributed by atoms with Crippen LogP contribution in [-0.4, -0.2) is 0 Å². The first-order valence-electron chi connectivity index (χ1n) is 48.9. The van der Waals surface area contributed by atoms with Crippen molar-refractivity contribution in [2.75, 3.05) is 0 Å². The van der Waals surface area contributed by atoms with Gasteiger partial charge in [0.1, 0.15) is 92.7 Å². The molecule has 10 aromatic carbocycles. The van der Waals surface area contributed by atoms with E-state index in [1.54, 1.807) is 24.7 Å². The lowest BCUT2D eigenvalue weighted by molar-refractivity contribution is -0.660. The van der Waals surface area contributed by atoms with Gasteiger partial charge in [-0.05, 0) is 183 Å². The van der Waals surface area contributed by atoms with Crippen LogP contribution in [0, 0.1) is 89.8 Å². The van der Waals surface area contributed by atoms with Crippen molar-refractivity contribution in [3.05, 3.63) is 383 Å². The molecule has 0 fully saturated rings. The van der Waals surface area contributed by atoms with Gasteiger partial charge in [0.05, 0.1) is 27.8 Å². The van der Waals surface area contributed by atoms with Crippen LogP contribution in [0.5, 0.6) is 57.5 Å². The summed E-state index contributed by atoms with van der Waals surface area (Å²) in [6.07, 6.45) is 9.50. The third-order valence-corrected chi connectivity index (χ3v) is 27.4. The molecule has 648 valence electrons. The van der Waals surface area contributed by atoms with E-state index in [9.17, 15) is 0 Å². The Hall–Kier alpha value is -13.1. The number of hydrogen-bond donors (Lipinski definition) is 0. The van der Waals surface area contributed by atoms with Crippen LogP contribution in [-0.2, 0) is 62.3 Å². The van der Waals surface area contributed by atoms with Crippen LogP contribution < -0.4 is 46.5 Å². The maximum atomic E-state index is 7.82. The Labute approximate surface area is 773 Å². The Morgan fingerprint density at radius 2 is 0.477 bits per heavy atom. The van der Waals surface area contributed by atoms with E-state index in [0.29, 0.717) is 16.7 Å². The first kappa shape index (κ1) is 77.3. The summed E-state index contributed by atoms with van der Waals surface area (Å²) in [5.74, 6) is 9.08. The van der Waals surface area contributed by atoms with E-state index < -0.39 is 20.6 Å². The van der Waals surface area contributed by atoms with E-state index in [-0.39, 0.29) is 27.1 Å². The van der Waals surface area contributed by atoms with Crippen molar-refractivity contribution in [1.29, 1.82) is 0 Å². The number of ether oxygens (including phenoxy) is 5. The molecule has 15 aromatic rings. The van der Waals surface area contributed by atoms with Gasteiger partial charge in [-0.15, -0.1) is 0 Å². The number of para-hydroxylation sites is 5. The lowest BCUT2D eigenvalue weighted by Gasteiger charge is -2.36. The van der Waals surface area contributed by atoms with E-state index in [1.165, 1.54) is 83.7 Å². The number of aromatic nitrogens is 5. The lowest BCUT2D eigenvalue weighted by Crippen LogP contribution is -2.34. The molecule has 0 aliphatic carbocycles. The van der Waals surface area contributed by atoms with E-state index in [1.807, 2.05) is 140 Å². The highest BCUT2D eigenvalue weighted by atomic mass is 16.5. The molecule has 10 heterocycles. The number of pyridine rings is 5. The van der Waals surface area contributed by atoms with Gasteiger partial charge in [0.25, 0.3) is 0 Å². The molecule has 20 rings (SSSR count). The molecule has 0 bridgehead atoms. The van der Waals surface area contributed by atoms with Crippen LogP contribution >= 0.6 is 0 Å². The van der Waals surface area contributed by atoms with Gasteiger partial charge < -0.3 is 23.7 Å². The van der Waals surface area contributed by atoms with E-state index in [0.717, 1.165) is 141 Å². The molecule has 5 aliphatic rings. The summed E-state index contributed by atoms with van der Waals surface area (Å²) in [7, 11) is 9.90. The molecule has 0 amide bonds. The number of aryl methyl sites for hydroxylation is 18. The van der Waals surface area contributed by atoms with Crippen molar-refractivity contribution in [3.8, 4) is 114 Å². The molecule has 0 spiro atoms. The van der Waals surface area contributed by atoms with Crippen LogP contribution in [0.1, 0.15) is 210 Å². The maximum Gasteiger partial charge on any atom is 0.216 e. The molecular formula is C118H126N5O5+5. The zero-order valence-electron chi connectivity index (χ0n) is 88.0. The molecule has 10 nitrogen and oxygen atoms in total. The molecule has 10 heteroatoms. The monoisotopic (exact) mass is 1700 g/mol. The second kappa shape index (κ2) is 33.6. The minimum Gasteiger partial charge on any atom is -0.457 e. The summed E-state index contributed by atoms with van der Waals surface area (Å²) in [4.78, 5) is 0. The Morgan fingerprint density at radius 3 is 0.812 bits per heavy atom. The predicted octanol–water partition coefficient (Wildman–Crippen LogP) is 27.1. The minimum absolute atomic E-state index is 0.0874. The van der Waals surface area contributed by atoms with Crippen molar-refractivity contribution >= 4 is 0 Å². The second-order valence-corrected chi connectivity index (χ2v) is 38.3. The van der Waals surface area contributed by atoms with Gasteiger partial charge in [-0.2, -0.15) is 0 Å². The van der Waals surface area contributed by atoms with Gasteiger partial charge in [0.15, 0.2) is 31.0 Å². The SMILES string of the molecule is Cc1cc(-c2c(C)ccc3c2Oc2ccccc2C3(C)C)[n+](C)cc1C.Cc1ccc(-c2c(C)ccc3c2Oc2ccccc2C3(C)C)[n+](C)c1.[2H]C([2H])([2H])c1c[n+](C)c(-c2c(C)ccc3c2C(C)(C)c2ccccc2O3)cc1C.[2H]C([2H])([2H])c1c[n+](C)c(-c2c(C)ccc3c2Oc2ccccc2C3(C)C)cc1C.[2H]C([2H])([2H])c1ccc(-c2c(C)ccc3c2Oc2ccccc2C3(C)C)[n+](C)c1. The average molecular weight is 1700 g/mol. The smallest absolute Gasteiger partial charge is 0.216 e. The zero-order valence-corrected chi connectivity index (χ0v) is 79.0. The van der Waals surface area contributed by atoms with Gasteiger partial charge in [-0.3, -0.25) is 0 Å². The summed E-state index contributed by atoms with van der Waals surface area (Å²) in [5.41, 5.74) is 34.0. The normalized spacial score (nSPS) is 15.7. The Kier molecular flexibility index (Phi) is 20.3. The molecule has 0 N–H and O–H groups in total. The molecule has 0 unspecified atom stereocenters. The first-order valence-corrected chi connectivity index (χ1v) is 44.4. The van der Waals surface area contributed by atoms with Crippen molar-refractivity contribution < 1.29 is 58.9 Å². The molecular weight excluding hydrogens is 1570 g/mol. The summed E-state index contributed by atoms with van der Waals surface area (Å²) in [5, 5.41) is 0. The maximum absolute atomic E-state index is 7.82. The van der Waals surface area contributed by atoms with Gasteiger partial charge in [-0.1, -0.05) is 215 Å². The van der Waals surface area contributed by atoms with Gasteiger partial charge in [0, 0.05) is 153 Å². The van der Waals surface area contributed by atoms with Gasteiger partial charge >= 0.3 is 0 Å². The summed E-state index contributed by atoms with van der Waals surface area (Å²) in [6.45, 7) is 36.8. The number of nitrogens with zero attached hydrogens (tertiary/aromatic N) is 5. The van der Waals surface area contributed by atoms with Crippen LogP contribution in [0.15, 0.2) is 255 Å². The fourth-order valence-corrected chi connectivity index (χ4v) is 19.7. The van der Waals surface area contributed by atoms with E-state index >= 15 is 0 Å². The van der Waals surface area contributed by atoms with Crippen LogP contribution in [0.2, 0.25) is 0 Å². The molecule has 5 aliphatic heterocycles. The summed E-state index contributed by atoms with van der Waals surface area (Å²) < 4.78 is 112. The van der Waals surface area contributed by atoms with Crippen molar-refractivity contribution in [3.63, 3.8) is 0 Å². The van der Waals surface area contributed by atoms with Crippen molar-refractivity contribution in [2.45, 2.75) is 186 Å². The standard InChI is InChI=1S/3C24H26NO.2C23H24NO/c1-15-11-12-21-23(22(15)19-13-16(2)17(3)14-25(19)6)24(4,5)18-9-7-8-10-20(18)26-21;2*1-15-11-12-19-23(22(15)20-13-16(2)17(3)14-25(20)6)26-21-10-8-7-9-18(21)24(19,4)5;2*1-15-10-13-19(24(5)14-15)21-16(2)11-12-18-22(21)25-20-9-7-6-8-17(20)23(18,3)4/h3*7-14H,1-6H3;2*6-14H,1-5H3/q5*+1/i2*3D3;;1D3;. The average Bonchev–Trinajstić information content (AvgIpc) is 0.717. The molecule has 0 saturated carbocycles. The van der Waals surface area contributed by atoms with Gasteiger partial charge in [-0.25, -0.2) is 22.8 Å². The van der Waals surface area contributed by atoms with E-state index in [2.05, 4.69) is 288 Å². The fraction of sp³-hybridized carbons (Fsp3) is 0.280.